The van der Waals surface area contributed by atoms with Gasteiger partial charge in [0.05, 0.1) is 24.9 Å². The number of likely N-dealkylation sites (tertiary alicyclic amines) is 1. The molecule has 1 saturated heterocycles. The summed E-state index contributed by atoms with van der Waals surface area (Å²) in [7, 11) is 1.61. The van der Waals surface area contributed by atoms with Crippen molar-refractivity contribution in [2.24, 2.45) is 0 Å². The zero-order valence-electron chi connectivity index (χ0n) is 16.5. The van der Waals surface area contributed by atoms with E-state index in [1.165, 1.54) is 6.42 Å². The van der Waals surface area contributed by atoms with E-state index in [2.05, 4.69) is 4.90 Å². The first-order valence-electron chi connectivity index (χ1n) is 9.75. The van der Waals surface area contributed by atoms with Crippen LogP contribution < -0.4 is 14.5 Å². The third-order valence-electron chi connectivity index (χ3n) is 5.45. The maximum absolute atomic E-state index is 13.1. The van der Waals surface area contributed by atoms with E-state index in [1.54, 1.807) is 23.0 Å². The van der Waals surface area contributed by atoms with Crippen LogP contribution in [0.2, 0.25) is 0 Å². The van der Waals surface area contributed by atoms with Gasteiger partial charge in [0.2, 0.25) is 5.91 Å². The summed E-state index contributed by atoms with van der Waals surface area (Å²) in [4.78, 5) is 31.8. The van der Waals surface area contributed by atoms with Crippen LogP contribution in [-0.2, 0) is 4.79 Å². The van der Waals surface area contributed by atoms with E-state index >= 15 is 0 Å². The Hall–Kier alpha value is -2.57. The molecule has 2 aromatic carbocycles. The lowest BCUT2D eigenvalue weighted by Gasteiger charge is -2.38. The smallest absolute Gasteiger partial charge is 0.261 e. The molecule has 0 bridgehead atoms. The number of hydrogen-bond donors (Lipinski definition) is 0. The van der Waals surface area contributed by atoms with Crippen LogP contribution >= 0.6 is 12.4 Å². The molecule has 0 atom stereocenters. The summed E-state index contributed by atoms with van der Waals surface area (Å²) in [6.07, 6.45) is 3.51. The number of amides is 2. The molecule has 154 valence electrons. The Labute approximate surface area is 177 Å². The fourth-order valence-corrected chi connectivity index (χ4v) is 3.89. The molecule has 0 unspecified atom stereocenters. The molecule has 29 heavy (non-hydrogen) atoms. The first-order chi connectivity index (χ1) is 13.7. The number of benzene rings is 2. The highest BCUT2D eigenvalue weighted by molar-refractivity contribution is 6.15. The molecule has 2 aliphatic heterocycles. The molecule has 0 N–H and O–H groups in total. The molecule has 6 nitrogen and oxygen atoms in total. The molecule has 2 amide bonds. The van der Waals surface area contributed by atoms with E-state index in [9.17, 15) is 9.59 Å². The second-order valence-electron chi connectivity index (χ2n) is 7.25. The third-order valence-corrected chi connectivity index (χ3v) is 5.45. The van der Waals surface area contributed by atoms with E-state index in [0.29, 0.717) is 17.8 Å². The monoisotopic (exact) mass is 415 g/mol. The number of rotatable bonds is 4. The van der Waals surface area contributed by atoms with Crippen LogP contribution in [0.5, 0.6) is 5.75 Å². The van der Waals surface area contributed by atoms with Crippen LogP contribution in [0, 0.1) is 0 Å². The predicted molar refractivity (Wildman–Crippen MR) is 116 cm³/mol. The lowest BCUT2D eigenvalue weighted by molar-refractivity contribution is -0.120. The molecule has 0 aliphatic carbocycles. The normalized spacial score (nSPS) is 16.8. The summed E-state index contributed by atoms with van der Waals surface area (Å²) >= 11 is 0. The van der Waals surface area contributed by atoms with E-state index in [-0.39, 0.29) is 30.9 Å². The Morgan fingerprint density at radius 3 is 2.38 bits per heavy atom. The number of anilines is 2. The van der Waals surface area contributed by atoms with Crippen molar-refractivity contribution < 1.29 is 14.3 Å². The topological polar surface area (TPSA) is 53.1 Å². The number of halogens is 1. The number of fused-ring (bicyclic) bond motifs is 1. The quantitative estimate of drug-likeness (QED) is 0.766. The van der Waals surface area contributed by atoms with Gasteiger partial charge in [-0.2, -0.15) is 0 Å². The number of methoxy groups -OCH3 is 1. The van der Waals surface area contributed by atoms with Crippen molar-refractivity contribution in [3.05, 3.63) is 54.1 Å². The van der Waals surface area contributed by atoms with E-state index in [4.69, 9.17) is 4.74 Å². The summed E-state index contributed by atoms with van der Waals surface area (Å²) in [6.45, 7) is 2.53. The van der Waals surface area contributed by atoms with Crippen LogP contribution in [0.25, 0.3) is 0 Å². The minimum absolute atomic E-state index is 0. The molecule has 2 heterocycles. The summed E-state index contributed by atoms with van der Waals surface area (Å²) in [5.41, 5.74) is 1.99. The zero-order valence-corrected chi connectivity index (χ0v) is 17.4. The van der Waals surface area contributed by atoms with Gasteiger partial charge in [-0.15, -0.1) is 12.4 Å². The van der Waals surface area contributed by atoms with Gasteiger partial charge in [-0.25, -0.2) is 0 Å². The van der Waals surface area contributed by atoms with Crippen molar-refractivity contribution in [2.45, 2.75) is 19.3 Å². The second kappa shape index (κ2) is 9.29. The summed E-state index contributed by atoms with van der Waals surface area (Å²) in [5, 5.41) is 0. The highest BCUT2D eigenvalue weighted by Crippen LogP contribution is 2.31. The lowest BCUT2D eigenvalue weighted by Crippen LogP contribution is -2.52. The fourth-order valence-electron chi connectivity index (χ4n) is 3.89. The minimum atomic E-state index is -0.0946. The van der Waals surface area contributed by atoms with Crippen molar-refractivity contribution in [1.29, 1.82) is 0 Å². The van der Waals surface area contributed by atoms with Gasteiger partial charge in [0.25, 0.3) is 5.91 Å². The molecule has 1 fully saturated rings. The summed E-state index contributed by atoms with van der Waals surface area (Å²) in [5.74, 6) is 0.662. The highest BCUT2D eigenvalue weighted by atomic mass is 35.5. The number of piperidine rings is 1. The van der Waals surface area contributed by atoms with Gasteiger partial charge in [-0.3, -0.25) is 24.3 Å². The Kier molecular flexibility index (Phi) is 6.77. The van der Waals surface area contributed by atoms with Gasteiger partial charge >= 0.3 is 0 Å². The van der Waals surface area contributed by atoms with Crippen LogP contribution in [0.15, 0.2) is 48.5 Å². The van der Waals surface area contributed by atoms with Gasteiger partial charge in [0.1, 0.15) is 12.4 Å². The van der Waals surface area contributed by atoms with Crippen LogP contribution in [0.1, 0.15) is 29.6 Å². The Bertz CT molecular complexity index is 866. The van der Waals surface area contributed by atoms with Crippen LogP contribution in [0.4, 0.5) is 11.4 Å². The molecule has 0 spiro atoms. The number of para-hydroxylation sites is 1. The number of ether oxygens (including phenoxy) is 1. The van der Waals surface area contributed by atoms with E-state index in [0.717, 1.165) is 37.4 Å². The average molecular weight is 416 g/mol. The maximum atomic E-state index is 13.1. The molecule has 7 heteroatoms. The maximum Gasteiger partial charge on any atom is 0.261 e. The molecule has 4 rings (SSSR count). The summed E-state index contributed by atoms with van der Waals surface area (Å²) < 4.78 is 5.21. The molecular weight excluding hydrogens is 390 g/mol. The fraction of sp³-hybridized carbons (Fsp3) is 0.364. The van der Waals surface area contributed by atoms with Crippen LogP contribution in [0.3, 0.4) is 0 Å². The van der Waals surface area contributed by atoms with Gasteiger partial charge in [0.15, 0.2) is 0 Å². The first-order valence-corrected chi connectivity index (χ1v) is 9.75. The zero-order chi connectivity index (χ0) is 19.5. The van der Waals surface area contributed by atoms with Crippen LogP contribution in [-0.4, -0.2) is 50.1 Å². The van der Waals surface area contributed by atoms with Crippen molar-refractivity contribution in [3.63, 3.8) is 0 Å². The number of nitrogens with zero attached hydrogens (tertiary/aromatic N) is 3. The largest absolute Gasteiger partial charge is 0.497 e. The van der Waals surface area contributed by atoms with Gasteiger partial charge in [0, 0.05) is 5.69 Å². The Morgan fingerprint density at radius 1 is 1.00 bits per heavy atom. The molecular formula is C22H26ClN3O3. The van der Waals surface area contributed by atoms with Crippen molar-refractivity contribution >= 4 is 35.6 Å². The number of carbonyl (C=O) groups excluding carboxylic acids is 2. The Balaban J connectivity index is 0.00000240. The van der Waals surface area contributed by atoms with Crippen molar-refractivity contribution in [1.82, 2.24) is 4.90 Å². The molecule has 0 aromatic heterocycles. The summed E-state index contributed by atoms with van der Waals surface area (Å²) in [6, 6.07) is 14.7. The predicted octanol–water partition coefficient (Wildman–Crippen LogP) is 3.55. The molecule has 2 aliphatic rings. The molecule has 2 aromatic rings. The van der Waals surface area contributed by atoms with E-state index < -0.39 is 0 Å². The van der Waals surface area contributed by atoms with Gasteiger partial charge in [-0.1, -0.05) is 18.6 Å². The average Bonchev–Trinajstić information content (AvgIpc) is 2.75. The van der Waals surface area contributed by atoms with Crippen molar-refractivity contribution in [2.75, 3.05) is 43.2 Å². The van der Waals surface area contributed by atoms with Crippen molar-refractivity contribution in [3.8, 4) is 5.75 Å². The third kappa shape index (κ3) is 4.38. The number of carbonyl (C=O) groups is 2. The minimum Gasteiger partial charge on any atom is -0.497 e. The van der Waals surface area contributed by atoms with Gasteiger partial charge in [-0.05, 0) is 62.3 Å². The number of hydrogen-bond acceptors (Lipinski definition) is 4. The second-order valence-corrected chi connectivity index (χ2v) is 7.25. The first kappa shape index (κ1) is 21.1. The highest BCUT2D eigenvalue weighted by Gasteiger charge is 2.33. The Morgan fingerprint density at radius 2 is 1.69 bits per heavy atom. The SMILES string of the molecule is COc1ccc(N2CN(C(=O)CN3CCCCC3)c3ccccc3C2=O)cc1.Cl. The lowest BCUT2D eigenvalue weighted by atomic mass is 10.1. The molecule has 0 radical (unpaired) electrons. The molecule has 0 saturated carbocycles. The van der Waals surface area contributed by atoms with E-state index in [1.807, 2.05) is 42.5 Å². The standard InChI is InChI=1S/C22H25N3O3.ClH/c1-28-18-11-9-17(10-12-18)24-16-25(20-8-4-3-7-19(20)22(24)27)21(26)15-23-13-5-2-6-14-23;/h3-4,7-12H,2,5-6,13-16H2,1H3;1H. The van der Waals surface area contributed by atoms with Gasteiger partial charge < -0.3 is 4.74 Å².